The van der Waals surface area contributed by atoms with Crippen LogP contribution in [0, 0.1) is 0 Å². The summed E-state index contributed by atoms with van der Waals surface area (Å²) in [4.78, 5) is 19.3. The van der Waals surface area contributed by atoms with Crippen molar-refractivity contribution in [1.29, 1.82) is 0 Å². The standard InChI is InChI=1S/C16H19N3OS2/c1-10(2)22-7-11-3-5-12(6-4-11)17-16-18-14-9-21-8-13(14)15(20)19-16/h3-6,10H,7-9H2,1-2H3,(H2,17,18,19,20). The zero-order chi connectivity index (χ0) is 15.5. The van der Waals surface area contributed by atoms with Gasteiger partial charge in [0.25, 0.3) is 5.56 Å². The summed E-state index contributed by atoms with van der Waals surface area (Å²) >= 11 is 3.66. The molecule has 1 aromatic heterocycles. The molecule has 2 N–H and O–H groups in total. The molecule has 0 amide bonds. The minimum atomic E-state index is -0.0255. The number of nitrogens with zero attached hydrogens (tertiary/aromatic N) is 1. The Morgan fingerprint density at radius 2 is 2.09 bits per heavy atom. The van der Waals surface area contributed by atoms with Crippen LogP contribution in [-0.2, 0) is 17.3 Å². The first kappa shape index (κ1) is 15.5. The Balaban J connectivity index is 1.71. The first-order valence-electron chi connectivity index (χ1n) is 7.29. The molecule has 4 nitrogen and oxygen atoms in total. The molecule has 0 atom stereocenters. The van der Waals surface area contributed by atoms with Gasteiger partial charge in [-0.2, -0.15) is 23.5 Å². The molecule has 0 saturated heterocycles. The van der Waals surface area contributed by atoms with Crippen LogP contribution >= 0.6 is 23.5 Å². The molecular weight excluding hydrogens is 314 g/mol. The van der Waals surface area contributed by atoms with Gasteiger partial charge in [-0.05, 0) is 22.9 Å². The third-order valence-electron chi connectivity index (χ3n) is 3.39. The van der Waals surface area contributed by atoms with Crippen molar-refractivity contribution in [2.45, 2.75) is 36.4 Å². The van der Waals surface area contributed by atoms with E-state index in [1.54, 1.807) is 11.8 Å². The van der Waals surface area contributed by atoms with E-state index < -0.39 is 0 Å². The van der Waals surface area contributed by atoms with Gasteiger partial charge in [0.15, 0.2) is 0 Å². The fraction of sp³-hybridized carbons (Fsp3) is 0.375. The molecule has 0 fully saturated rings. The minimum absolute atomic E-state index is 0.0255. The second kappa shape index (κ2) is 6.79. The Morgan fingerprint density at radius 3 is 2.82 bits per heavy atom. The number of fused-ring (bicyclic) bond motifs is 1. The van der Waals surface area contributed by atoms with Crippen LogP contribution in [0.2, 0.25) is 0 Å². The van der Waals surface area contributed by atoms with Gasteiger partial charge < -0.3 is 5.32 Å². The van der Waals surface area contributed by atoms with Crippen molar-refractivity contribution in [1.82, 2.24) is 9.97 Å². The van der Waals surface area contributed by atoms with E-state index in [-0.39, 0.29) is 5.56 Å². The summed E-state index contributed by atoms with van der Waals surface area (Å²) < 4.78 is 0. The maximum absolute atomic E-state index is 12.0. The summed E-state index contributed by atoms with van der Waals surface area (Å²) in [6.45, 7) is 4.41. The Morgan fingerprint density at radius 1 is 1.32 bits per heavy atom. The third-order valence-corrected chi connectivity index (χ3v) is 5.52. The van der Waals surface area contributed by atoms with Crippen LogP contribution in [-0.4, -0.2) is 15.2 Å². The Bertz CT molecular complexity index is 710. The lowest BCUT2D eigenvalue weighted by molar-refractivity contribution is 1.03. The number of hydrogen-bond acceptors (Lipinski definition) is 5. The SMILES string of the molecule is CC(C)SCc1ccc(Nc2nc3c(c(=O)[nH]2)CSC3)cc1. The average Bonchev–Trinajstić information content (AvgIpc) is 2.95. The Kier molecular flexibility index (Phi) is 4.78. The molecule has 0 spiro atoms. The summed E-state index contributed by atoms with van der Waals surface area (Å²) in [5.74, 6) is 3.12. The van der Waals surface area contributed by atoms with Gasteiger partial charge in [0.05, 0.1) is 5.69 Å². The number of benzene rings is 1. The second-order valence-corrected chi connectivity index (χ2v) is 8.06. The number of thioether (sulfide) groups is 2. The summed E-state index contributed by atoms with van der Waals surface area (Å²) in [5.41, 5.74) is 3.93. The van der Waals surface area contributed by atoms with Gasteiger partial charge in [-0.25, -0.2) is 4.98 Å². The maximum Gasteiger partial charge on any atom is 0.256 e. The highest BCUT2D eigenvalue weighted by molar-refractivity contribution is 7.99. The van der Waals surface area contributed by atoms with Gasteiger partial charge in [0.1, 0.15) is 0 Å². The molecule has 0 aliphatic carbocycles. The Labute approximate surface area is 138 Å². The van der Waals surface area contributed by atoms with Crippen LogP contribution in [0.25, 0.3) is 0 Å². The molecule has 6 heteroatoms. The lowest BCUT2D eigenvalue weighted by Crippen LogP contribution is -2.16. The monoisotopic (exact) mass is 333 g/mol. The van der Waals surface area contributed by atoms with Gasteiger partial charge in [0.2, 0.25) is 5.95 Å². The van der Waals surface area contributed by atoms with Crippen molar-refractivity contribution < 1.29 is 0 Å². The van der Waals surface area contributed by atoms with Crippen LogP contribution in [0.4, 0.5) is 11.6 Å². The topological polar surface area (TPSA) is 57.8 Å². The zero-order valence-electron chi connectivity index (χ0n) is 12.7. The number of H-pyrrole nitrogens is 1. The number of aromatic amines is 1. The summed E-state index contributed by atoms with van der Waals surface area (Å²) in [6, 6.07) is 8.27. The molecular formula is C16H19N3OS2. The quantitative estimate of drug-likeness (QED) is 0.869. The first-order chi connectivity index (χ1) is 10.6. The van der Waals surface area contributed by atoms with Gasteiger partial charge in [-0.3, -0.25) is 9.78 Å². The van der Waals surface area contributed by atoms with Crippen molar-refractivity contribution in [2.24, 2.45) is 0 Å². The number of hydrogen-bond donors (Lipinski definition) is 2. The molecule has 116 valence electrons. The molecule has 0 bridgehead atoms. The van der Waals surface area contributed by atoms with Gasteiger partial charge >= 0.3 is 0 Å². The molecule has 0 saturated carbocycles. The smallest absolute Gasteiger partial charge is 0.256 e. The van der Waals surface area contributed by atoms with Crippen LogP contribution in [0.15, 0.2) is 29.1 Å². The lowest BCUT2D eigenvalue weighted by atomic mass is 10.2. The summed E-state index contributed by atoms with van der Waals surface area (Å²) in [7, 11) is 0. The van der Waals surface area contributed by atoms with E-state index in [0.717, 1.165) is 34.2 Å². The number of rotatable bonds is 5. The predicted molar refractivity (Wildman–Crippen MR) is 96.0 cm³/mol. The second-order valence-electron chi connectivity index (χ2n) is 5.51. The molecule has 2 heterocycles. The molecule has 2 aromatic rings. The highest BCUT2D eigenvalue weighted by Gasteiger charge is 2.17. The minimum Gasteiger partial charge on any atom is -0.326 e. The average molecular weight is 333 g/mol. The molecule has 22 heavy (non-hydrogen) atoms. The van der Waals surface area contributed by atoms with Gasteiger partial charge in [0, 0.05) is 28.5 Å². The van der Waals surface area contributed by atoms with Crippen LogP contribution in [0.3, 0.4) is 0 Å². The van der Waals surface area contributed by atoms with Crippen molar-refractivity contribution in [2.75, 3.05) is 5.32 Å². The fourth-order valence-electron chi connectivity index (χ4n) is 2.21. The van der Waals surface area contributed by atoms with Crippen LogP contribution < -0.4 is 10.9 Å². The summed E-state index contributed by atoms with van der Waals surface area (Å²) in [5, 5.41) is 3.82. The molecule has 1 aromatic carbocycles. The predicted octanol–water partition coefficient (Wildman–Crippen LogP) is 3.90. The van der Waals surface area contributed by atoms with E-state index >= 15 is 0 Å². The lowest BCUT2D eigenvalue weighted by Gasteiger charge is -2.09. The van der Waals surface area contributed by atoms with E-state index in [0.29, 0.717) is 11.2 Å². The van der Waals surface area contributed by atoms with Crippen molar-refractivity contribution in [3.05, 3.63) is 51.4 Å². The van der Waals surface area contributed by atoms with E-state index in [1.165, 1.54) is 5.56 Å². The third kappa shape index (κ3) is 3.67. The van der Waals surface area contributed by atoms with Gasteiger partial charge in [-0.1, -0.05) is 26.0 Å². The number of nitrogens with one attached hydrogen (secondary N) is 2. The van der Waals surface area contributed by atoms with Crippen molar-refractivity contribution in [3.8, 4) is 0 Å². The van der Waals surface area contributed by atoms with Crippen LogP contribution in [0.1, 0.15) is 30.7 Å². The molecule has 1 aliphatic heterocycles. The molecule has 0 radical (unpaired) electrons. The van der Waals surface area contributed by atoms with Crippen molar-refractivity contribution in [3.63, 3.8) is 0 Å². The molecule has 1 aliphatic rings. The normalized spacial score (nSPS) is 13.4. The van der Waals surface area contributed by atoms with E-state index in [4.69, 9.17) is 0 Å². The maximum atomic E-state index is 12.0. The van der Waals surface area contributed by atoms with E-state index in [2.05, 4.69) is 41.3 Å². The first-order valence-corrected chi connectivity index (χ1v) is 9.49. The largest absolute Gasteiger partial charge is 0.326 e. The number of anilines is 2. The highest BCUT2D eigenvalue weighted by atomic mass is 32.2. The van der Waals surface area contributed by atoms with E-state index in [1.807, 2.05) is 23.9 Å². The number of aromatic nitrogens is 2. The zero-order valence-corrected chi connectivity index (χ0v) is 14.3. The highest BCUT2D eigenvalue weighted by Crippen LogP contribution is 2.26. The van der Waals surface area contributed by atoms with Gasteiger partial charge in [-0.15, -0.1) is 0 Å². The Hall–Kier alpha value is -1.40. The molecule has 3 rings (SSSR count). The molecule has 0 unspecified atom stereocenters. The fourth-order valence-corrected chi connectivity index (χ4v) is 3.96. The van der Waals surface area contributed by atoms with Crippen molar-refractivity contribution >= 4 is 35.2 Å². The van der Waals surface area contributed by atoms with E-state index in [9.17, 15) is 4.79 Å². The summed E-state index contributed by atoms with van der Waals surface area (Å²) in [6.07, 6.45) is 0. The van der Waals surface area contributed by atoms with Crippen LogP contribution in [0.5, 0.6) is 0 Å².